The summed E-state index contributed by atoms with van der Waals surface area (Å²) >= 11 is 0. The molecule has 21 heavy (non-hydrogen) atoms. The lowest BCUT2D eigenvalue weighted by molar-refractivity contribution is -0.129. The Hall–Kier alpha value is -1.59. The Morgan fingerprint density at radius 1 is 1.29 bits per heavy atom. The van der Waals surface area contributed by atoms with Gasteiger partial charge in [-0.25, -0.2) is 0 Å². The van der Waals surface area contributed by atoms with Crippen LogP contribution in [0.1, 0.15) is 17.5 Å². The van der Waals surface area contributed by atoms with Crippen molar-refractivity contribution >= 4 is 5.91 Å². The normalized spacial score (nSPS) is 10.5. The van der Waals surface area contributed by atoms with Crippen LogP contribution in [0, 0.1) is 6.92 Å². The Morgan fingerprint density at radius 3 is 2.71 bits per heavy atom. The smallest absolute Gasteiger partial charge is 0.225 e. The van der Waals surface area contributed by atoms with Crippen LogP contribution in [0.5, 0.6) is 5.75 Å². The zero-order chi connectivity index (χ0) is 15.7. The second-order valence-corrected chi connectivity index (χ2v) is 5.17. The first-order valence-electron chi connectivity index (χ1n) is 7.16. The van der Waals surface area contributed by atoms with Crippen molar-refractivity contribution in [1.29, 1.82) is 0 Å². The molecule has 0 aliphatic rings. The minimum Gasteiger partial charge on any atom is -0.493 e. The second-order valence-electron chi connectivity index (χ2n) is 5.17. The van der Waals surface area contributed by atoms with Crippen LogP contribution in [0.15, 0.2) is 18.2 Å². The van der Waals surface area contributed by atoms with E-state index in [4.69, 9.17) is 9.47 Å². The highest BCUT2D eigenvalue weighted by atomic mass is 16.5. The molecule has 0 saturated heterocycles. The highest BCUT2D eigenvalue weighted by Gasteiger charge is 2.07. The molecule has 0 fully saturated rings. The van der Waals surface area contributed by atoms with Crippen molar-refractivity contribution in [2.24, 2.45) is 0 Å². The van der Waals surface area contributed by atoms with E-state index in [1.54, 1.807) is 26.1 Å². The van der Waals surface area contributed by atoms with Crippen molar-refractivity contribution < 1.29 is 14.3 Å². The van der Waals surface area contributed by atoms with Crippen molar-refractivity contribution in [3.05, 3.63) is 29.3 Å². The molecule has 0 aliphatic carbocycles. The number of aryl methyl sites for hydroxylation is 1. The van der Waals surface area contributed by atoms with Gasteiger partial charge in [0.1, 0.15) is 5.75 Å². The summed E-state index contributed by atoms with van der Waals surface area (Å²) in [5.74, 6) is 0.902. The van der Waals surface area contributed by atoms with E-state index in [0.29, 0.717) is 19.6 Å². The quantitative estimate of drug-likeness (QED) is 0.703. The number of nitrogens with one attached hydrogen (secondary N) is 1. The SMILES string of the molecule is COCCNCc1cc(C)ccc1OCCC(=O)N(C)C. The molecule has 0 atom stereocenters. The molecule has 1 N–H and O–H groups in total. The van der Waals surface area contributed by atoms with Gasteiger partial charge in [0.05, 0.1) is 19.6 Å². The monoisotopic (exact) mass is 294 g/mol. The third kappa shape index (κ3) is 6.60. The van der Waals surface area contributed by atoms with Crippen molar-refractivity contribution in [2.75, 3.05) is 41.0 Å². The number of carbonyl (C=O) groups excluding carboxylic acids is 1. The third-order valence-electron chi connectivity index (χ3n) is 3.09. The number of rotatable bonds is 9. The van der Waals surface area contributed by atoms with Crippen LogP contribution in [0.25, 0.3) is 0 Å². The van der Waals surface area contributed by atoms with Gasteiger partial charge in [-0.1, -0.05) is 17.7 Å². The molecule has 0 heterocycles. The van der Waals surface area contributed by atoms with Gasteiger partial charge in [-0.05, 0) is 13.0 Å². The largest absolute Gasteiger partial charge is 0.493 e. The Morgan fingerprint density at radius 2 is 2.05 bits per heavy atom. The Balaban J connectivity index is 2.53. The molecule has 1 rings (SSSR count). The standard InChI is InChI=1S/C16H26N2O3/c1-13-5-6-15(21-9-7-16(19)18(2)3)14(11-13)12-17-8-10-20-4/h5-6,11,17H,7-10,12H2,1-4H3. The first-order valence-corrected chi connectivity index (χ1v) is 7.16. The summed E-state index contributed by atoms with van der Waals surface area (Å²) in [6, 6.07) is 6.08. The maximum Gasteiger partial charge on any atom is 0.225 e. The summed E-state index contributed by atoms with van der Waals surface area (Å²) in [6.07, 6.45) is 0.386. The molecular formula is C16H26N2O3. The van der Waals surface area contributed by atoms with Gasteiger partial charge in [0.25, 0.3) is 0 Å². The zero-order valence-electron chi connectivity index (χ0n) is 13.4. The summed E-state index contributed by atoms with van der Waals surface area (Å²) in [5.41, 5.74) is 2.29. The van der Waals surface area contributed by atoms with Gasteiger partial charge in [-0.3, -0.25) is 4.79 Å². The molecule has 5 nitrogen and oxygen atoms in total. The van der Waals surface area contributed by atoms with Crippen LogP contribution >= 0.6 is 0 Å². The highest BCUT2D eigenvalue weighted by Crippen LogP contribution is 2.20. The summed E-state index contributed by atoms with van der Waals surface area (Å²) in [5, 5.41) is 3.31. The molecule has 5 heteroatoms. The minimum absolute atomic E-state index is 0.0712. The summed E-state index contributed by atoms with van der Waals surface area (Å²) < 4.78 is 10.8. The summed E-state index contributed by atoms with van der Waals surface area (Å²) in [7, 11) is 5.18. The lowest BCUT2D eigenvalue weighted by Gasteiger charge is -2.14. The van der Waals surface area contributed by atoms with Crippen molar-refractivity contribution in [2.45, 2.75) is 19.9 Å². The van der Waals surface area contributed by atoms with E-state index >= 15 is 0 Å². The highest BCUT2D eigenvalue weighted by molar-refractivity contribution is 5.75. The fourth-order valence-corrected chi connectivity index (χ4v) is 1.86. The number of ether oxygens (including phenoxy) is 2. The van der Waals surface area contributed by atoms with E-state index in [-0.39, 0.29) is 5.91 Å². The number of methoxy groups -OCH3 is 1. The maximum absolute atomic E-state index is 11.5. The summed E-state index contributed by atoms with van der Waals surface area (Å²) in [6.45, 7) is 4.65. The van der Waals surface area contributed by atoms with Crippen LogP contribution in [0.3, 0.4) is 0 Å². The number of amides is 1. The molecule has 1 aromatic rings. The molecule has 0 bridgehead atoms. The Kier molecular flexibility index (Phi) is 7.79. The maximum atomic E-state index is 11.5. The Bertz CT molecular complexity index is 447. The molecule has 0 radical (unpaired) electrons. The van der Waals surface area contributed by atoms with Gasteiger partial charge in [0.15, 0.2) is 0 Å². The number of benzene rings is 1. The van der Waals surface area contributed by atoms with Gasteiger partial charge in [0.2, 0.25) is 5.91 Å². The van der Waals surface area contributed by atoms with E-state index in [1.807, 2.05) is 12.1 Å². The van der Waals surface area contributed by atoms with Crippen LogP contribution < -0.4 is 10.1 Å². The zero-order valence-corrected chi connectivity index (χ0v) is 13.4. The van der Waals surface area contributed by atoms with E-state index < -0.39 is 0 Å². The van der Waals surface area contributed by atoms with E-state index in [1.165, 1.54) is 5.56 Å². The van der Waals surface area contributed by atoms with Crippen molar-refractivity contribution in [3.63, 3.8) is 0 Å². The number of hydrogen-bond donors (Lipinski definition) is 1. The fourth-order valence-electron chi connectivity index (χ4n) is 1.86. The van der Waals surface area contributed by atoms with Crippen molar-refractivity contribution in [3.8, 4) is 5.75 Å². The van der Waals surface area contributed by atoms with Crippen LogP contribution in [-0.4, -0.2) is 51.8 Å². The van der Waals surface area contributed by atoms with Gasteiger partial charge < -0.3 is 19.7 Å². The van der Waals surface area contributed by atoms with Crippen LogP contribution in [0.4, 0.5) is 0 Å². The van der Waals surface area contributed by atoms with Crippen LogP contribution in [0.2, 0.25) is 0 Å². The first kappa shape index (κ1) is 17.5. The van der Waals surface area contributed by atoms with Gasteiger partial charge in [-0.2, -0.15) is 0 Å². The average Bonchev–Trinajstić information content (AvgIpc) is 2.45. The Labute approximate surface area is 127 Å². The molecule has 0 unspecified atom stereocenters. The fraction of sp³-hybridized carbons (Fsp3) is 0.562. The van der Waals surface area contributed by atoms with Gasteiger partial charge in [-0.15, -0.1) is 0 Å². The second kappa shape index (κ2) is 9.37. The molecule has 118 valence electrons. The predicted molar refractivity (Wildman–Crippen MR) is 83.6 cm³/mol. The number of carbonyl (C=O) groups is 1. The van der Waals surface area contributed by atoms with Crippen molar-refractivity contribution in [1.82, 2.24) is 10.2 Å². The number of nitrogens with zero attached hydrogens (tertiary/aromatic N) is 1. The van der Waals surface area contributed by atoms with Crippen LogP contribution in [-0.2, 0) is 16.1 Å². The molecule has 0 spiro atoms. The summed E-state index contributed by atoms with van der Waals surface area (Å²) in [4.78, 5) is 13.1. The molecule has 0 aliphatic heterocycles. The van der Waals surface area contributed by atoms with Gasteiger partial charge >= 0.3 is 0 Å². The molecular weight excluding hydrogens is 268 g/mol. The van der Waals surface area contributed by atoms with E-state index in [9.17, 15) is 4.79 Å². The lowest BCUT2D eigenvalue weighted by Crippen LogP contribution is -2.23. The average molecular weight is 294 g/mol. The molecule has 1 aromatic carbocycles. The first-order chi connectivity index (χ1) is 10.0. The predicted octanol–water partition coefficient (Wildman–Crippen LogP) is 1.59. The van der Waals surface area contributed by atoms with E-state index in [2.05, 4.69) is 18.3 Å². The third-order valence-corrected chi connectivity index (χ3v) is 3.09. The molecule has 0 aromatic heterocycles. The lowest BCUT2D eigenvalue weighted by atomic mass is 10.1. The van der Waals surface area contributed by atoms with Gasteiger partial charge in [0, 0.05) is 39.9 Å². The molecule has 0 saturated carbocycles. The molecule has 1 amide bonds. The minimum atomic E-state index is 0.0712. The van der Waals surface area contributed by atoms with E-state index in [0.717, 1.165) is 24.4 Å². The topological polar surface area (TPSA) is 50.8 Å². The number of hydrogen-bond acceptors (Lipinski definition) is 4.